The lowest BCUT2D eigenvalue weighted by Gasteiger charge is -2.19. The molecule has 0 atom stereocenters. The number of hydrogen-bond donors (Lipinski definition) is 1. The van der Waals surface area contributed by atoms with Crippen molar-refractivity contribution < 1.29 is 14.0 Å². The number of carbonyl (C=O) groups is 2. The zero-order chi connectivity index (χ0) is 18.6. The van der Waals surface area contributed by atoms with E-state index in [4.69, 9.17) is 11.6 Å². The van der Waals surface area contributed by atoms with Crippen LogP contribution in [0.5, 0.6) is 0 Å². The van der Waals surface area contributed by atoms with Crippen molar-refractivity contribution in [3.05, 3.63) is 62.8 Å². The van der Waals surface area contributed by atoms with Crippen LogP contribution in [0.15, 0.2) is 40.9 Å². The number of nitrogens with one attached hydrogen (secondary N) is 1. The normalized spacial score (nSPS) is 10.4. The predicted molar refractivity (Wildman–Crippen MR) is 101 cm³/mol. The second-order valence-electron chi connectivity index (χ2n) is 5.25. The van der Waals surface area contributed by atoms with Crippen LogP contribution in [0, 0.1) is 5.82 Å². The molecule has 0 fully saturated rings. The minimum atomic E-state index is -0.508. The lowest BCUT2D eigenvalue weighted by atomic mass is 10.1. The van der Waals surface area contributed by atoms with E-state index in [9.17, 15) is 14.0 Å². The van der Waals surface area contributed by atoms with Crippen molar-refractivity contribution in [2.75, 3.05) is 18.4 Å². The Labute approximate surface area is 159 Å². The first-order valence-corrected chi connectivity index (χ1v) is 8.89. The molecule has 0 aliphatic carbocycles. The summed E-state index contributed by atoms with van der Waals surface area (Å²) in [6.07, 6.45) is 0. The lowest BCUT2D eigenvalue weighted by molar-refractivity contribution is 0.0773. The standard InChI is InChI=1S/C18H17BrClFN2O2/c1-3-23(4-2)18(25)13-7-6-12(10-16(13)20)22-17(24)14-9-11(21)5-8-15(14)19/h5-10H,3-4H2,1-2H3,(H,22,24). The van der Waals surface area contributed by atoms with E-state index in [-0.39, 0.29) is 16.5 Å². The van der Waals surface area contributed by atoms with Crippen LogP contribution in [0.4, 0.5) is 10.1 Å². The number of carbonyl (C=O) groups excluding carboxylic acids is 2. The van der Waals surface area contributed by atoms with Gasteiger partial charge in [0, 0.05) is 23.2 Å². The van der Waals surface area contributed by atoms with Gasteiger partial charge in [-0.3, -0.25) is 9.59 Å². The fraction of sp³-hybridized carbons (Fsp3) is 0.222. The van der Waals surface area contributed by atoms with Gasteiger partial charge in [0.2, 0.25) is 0 Å². The third-order valence-corrected chi connectivity index (χ3v) is 4.69. The molecule has 0 aliphatic rings. The third-order valence-electron chi connectivity index (χ3n) is 3.68. The van der Waals surface area contributed by atoms with Crippen molar-refractivity contribution in [1.82, 2.24) is 4.90 Å². The molecule has 0 spiro atoms. The molecule has 0 aliphatic heterocycles. The molecule has 0 heterocycles. The van der Waals surface area contributed by atoms with Gasteiger partial charge in [-0.1, -0.05) is 11.6 Å². The van der Waals surface area contributed by atoms with E-state index in [1.807, 2.05) is 13.8 Å². The SMILES string of the molecule is CCN(CC)C(=O)c1ccc(NC(=O)c2cc(F)ccc2Br)cc1Cl. The molecule has 0 saturated carbocycles. The molecular formula is C18H17BrClFN2O2. The number of nitrogens with zero attached hydrogens (tertiary/aromatic N) is 1. The summed E-state index contributed by atoms with van der Waals surface area (Å²) >= 11 is 9.42. The van der Waals surface area contributed by atoms with Crippen LogP contribution >= 0.6 is 27.5 Å². The Kier molecular flexibility index (Phi) is 6.56. The first-order chi connectivity index (χ1) is 11.9. The first kappa shape index (κ1) is 19.4. The van der Waals surface area contributed by atoms with E-state index in [2.05, 4.69) is 21.2 Å². The number of anilines is 1. The van der Waals surface area contributed by atoms with Gasteiger partial charge in [-0.15, -0.1) is 0 Å². The van der Waals surface area contributed by atoms with Gasteiger partial charge in [-0.2, -0.15) is 0 Å². The monoisotopic (exact) mass is 426 g/mol. The Morgan fingerprint density at radius 2 is 1.80 bits per heavy atom. The molecule has 0 bridgehead atoms. The van der Waals surface area contributed by atoms with Gasteiger partial charge in [0.05, 0.1) is 16.1 Å². The van der Waals surface area contributed by atoms with Gasteiger partial charge in [-0.25, -0.2) is 4.39 Å². The quantitative estimate of drug-likeness (QED) is 0.732. The van der Waals surface area contributed by atoms with Crippen molar-refractivity contribution in [3.8, 4) is 0 Å². The highest BCUT2D eigenvalue weighted by molar-refractivity contribution is 9.10. The fourth-order valence-electron chi connectivity index (χ4n) is 2.32. The Morgan fingerprint density at radius 1 is 1.12 bits per heavy atom. The van der Waals surface area contributed by atoms with E-state index >= 15 is 0 Å². The van der Waals surface area contributed by atoms with Crippen LogP contribution in [0.2, 0.25) is 5.02 Å². The van der Waals surface area contributed by atoms with Crippen LogP contribution in [0.25, 0.3) is 0 Å². The van der Waals surface area contributed by atoms with E-state index < -0.39 is 11.7 Å². The average molecular weight is 428 g/mol. The fourth-order valence-corrected chi connectivity index (χ4v) is 3.01. The Hall–Kier alpha value is -1.92. The molecule has 4 nitrogen and oxygen atoms in total. The van der Waals surface area contributed by atoms with Crippen molar-refractivity contribution >= 4 is 45.0 Å². The smallest absolute Gasteiger partial charge is 0.256 e. The topological polar surface area (TPSA) is 49.4 Å². The highest BCUT2D eigenvalue weighted by Crippen LogP contribution is 2.24. The van der Waals surface area contributed by atoms with E-state index in [1.54, 1.807) is 17.0 Å². The van der Waals surface area contributed by atoms with Gasteiger partial charge >= 0.3 is 0 Å². The van der Waals surface area contributed by atoms with Crippen molar-refractivity contribution in [1.29, 1.82) is 0 Å². The van der Waals surface area contributed by atoms with Crippen LogP contribution < -0.4 is 5.32 Å². The van der Waals surface area contributed by atoms with Crippen molar-refractivity contribution in [2.45, 2.75) is 13.8 Å². The van der Waals surface area contributed by atoms with Gasteiger partial charge in [0.25, 0.3) is 11.8 Å². The number of amides is 2. The van der Waals surface area contributed by atoms with Crippen LogP contribution in [0.1, 0.15) is 34.6 Å². The van der Waals surface area contributed by atoms with Gasteiger partial charge in [-0.05, 0) is 66.2 Å². The van der Waals surface area contributed by atoms with E-state index in [1.165, 1.54) is 18.2 Å². The maximum atomic E-state index is 13.3. The molecule has 0 saturated heterocycles. The highest BCUT2D eigenvalue weighted by Gasteiger charge is 2.17. The molecule has 2 aromatic carbocycles. The minimum absolute atomic E-state index is 0.166. The number of halogens is 3. The summed E-state index contributed by atoms with van der Waals surface area (Å²) in [5.74, 6) is -1.16. The third kappa shape index (κ3) is 4.58. The Bertz CT molecular complexity index is 810. The number of rotatable bonds is 5. The zero-order valence-corrected chi connectivity index (χ0v) is 16.1. The van der Waals surface area contributed by atoms with Gasteiger partial charge < -0.3 is 10.2 Å². The summed E-state index contributed by atoms with van der Waals surface area (Å²) in [7, 11) is 0. The maximum absolute atomic E-state index is 13.3. The van der Waals surface area contributed by atoms with Gasteiger partial charge in [0.15, 0.2) is 0 Å². The summed E-state index contributed by atoms with van der Waals surface area (Å²) < 4.78 is 13.8. The Balaban J connectivity index is 2.22. The first-order valence-electron chi connectivity index (χ1n) is 7.72. The van der Waals surface area contributed by atoms with Crippen molar-refractivity contribution in [2.24, 2.45) is 0 Å². The van der Waals surface area contributed by atoms with Crippen LogP contribution in [0.3, 0.4) is 0 Å². The summed E-state index contributed by atoms with van der Waals surface area (Å²) in [6, 6.07) is 8.52. The molecule has 0 radical (unpaired) electrons. The molecule has 0 aromatic heterocycles. The molecule has 2 aromatic rings. The molecule has 2 rings (SSSR count). The molecule has 7 heteroatoms. The van der Waals surface area contributed by atoms with E-state index in [0.717, 1.165) is 6.07 Å². The second kappa shape index (κ2) is 8.45. The number of benzene rings is 2. The number of hydrogen-bond acceptors (Lipinski definition) is 2. The highest BCUT2D eigenvalue weighted by atomic mass is 79.9. The zero-order valence-electron chi connectivity index (χ0n) is 13.8. The van der Waals surface area contributed by atoms with Gasteiger partial charge in [0.1, 0.15) is 5.82 Å². The average Bonchev–Trinajstić information content (AvgIpc) is 2.58. The van der Waals surface area contributed by atoms with Crippen molar-refractivity contribution in [3.63, 3.8) is 0 Å². The Morgan fingerprint density at radius 3 is 2.40 bits per heavy atom. The molecule has 25 heavy (non-hydrogen) atoms. The molecule has 1 N–H and O–H groups in total. The minimum Gasteiger partial charge on any atom is -0.339 e. The van der Waals surface area contributed by atoms with Crippen LogP contribution in [-0.4, -0.2) is 29.8 Å². The summed E-state index contributed by atoms with van der Waals surface area (Å²) in [5.41, 5.74) is 0.956. The molecule has 2 amide bonds. The molecule has 132 valence electrons. The molecule has 0 unspecified atom stereocenters. The summed E-state index contributed by atoms with van der Waals surface area (Å²) in [5, 5.41) is 2.89. The second-order valence-corrected chi connectivity index (χ2v) is 6.51. The largest absolute Gasteiger partial charge is 0.339 e. The molecular weight excluding hydrogens is 411 g/mol. The lowest BCUT2D eigenvalue weighted by Crippen LogP contribution is -2.30. The van der Waals surface area contributed by atoms with Crippen LogP contribution in [-0.2, 0) is 0 Å². The maximum Gasteiger partial charge on any atom is 0.256 e. The summed E-state index contributed by atoms with van der Waals surface area (Å²) in [6.45, 7) is 4.94. The predicted octanol–water partition coefficient (Wildman–Crippen LogP) is 4.98. The summed E-state index contributed by atoms with van der Waals surface area (Å²) in [4.78, 5) is 26.3. The van der Waals surface area contributed by atoms with E-state index in [0.29, 0.717) is 28.8 Å².